The van der Waals surface area contributed by atoms with E-state index >= 15 is 0 Å². The number of allylic oxidation sites excluding steroid dienone is 1. The van der Waals surface area contributed by atoms with Crippen molar-refractivity contribution in [1.82, 2.24) is 10.6 Å². The zero-order valence-corrected chi connectivity index (χ0v) is 16.6. The summed E-state index contributed by atoms with van der Waals surface area (Å²) in [4.78, 5) is 35.6. The van der Waals surface area contributed by atoms with E-state index in [0.717, 1.165) is 30.2 Å². The molecule has 1 aromatic carbocycles. The van der Waals surface area contributed by atoms with E-state index in [2.05, 4.69) is 16.7 Å². The number of nitrogens with one attached hydrogen (secondary N) is 2. The monoisotopic (exact) mass is 398 g/mol. The molecule has 0 unspecified atom stereocenters. The van der Waals surface area contributed by atoms with Crippen molar-refractivity contribution < 1.29 is 23.5 Å². The highest BCUT2D eigenvalue weighted by molar-refractivity contribution is 5.95. The highest BCUT2D eigenvalue weighted by atomic mass is 16.5. The minimum absolute atomic E-state index is 0.00928. The zero-order valence-electron chi connectivity index (χ0n) is 16.6. The molecule has 0 fully saturated rings. The molecule has 0 bridgehead atoms. The lowest BCUT2D eigenvalue weighted by Crippen LogP contribution is -2.41. The molecule has 1 aliphatic rings. The van der Waals surface area contributed by atoms with E-state index in [4.69, 9.17) is 9.15 Å². The van der Waals surface area contributed by atoms with E-state index in [-0.39, 0.29) is 6.42 Å². The van der Waals surface area contributed by atoms with Crippen molar-refractivity contribution in [3.8, 4) is 0 Å². The maximum absolute atomic E-state index is 12.0. The van der Waals surface area contributed by atoms with Crippen LogP contribution in [0.3, 0.4) is 0 Å². The average molecular weight is 398 g/mol. The largest absolute Gasteiger partial charge is 0.464 e. The SMILES string of the molecule is Cc1ccc2c(CC(=O)OCC(=O)NC(=O)NCCC3=CCCCC3)coc2c1. The number of ether oxygens (including phenoxy) is 1. The standard InChI is InChI=1S/C22H26N2O5/c1-15-7-8-18-17(13-28-19(18)11-15)12-21(26)29-14-20(25)24-22(27)23-10-9-16-5-3-2-4-6-16/h5,7-8,11,13H,2-4,6,9-10,12,14H2,1H3,(H2,23,24,25,27). The van der Waals surface area contributed by atoms with Crippen LogP contribution in [0.1, 0.15) is 43.2 Å². The van der Waals surface area contributed by atoms with Gasteiger partial charge in [0.15, 0.2) is 6.61 Å². The molecule has 1 heterocycles. The molecule has 2 N–H and O–H groups in total. The second kappa shape index (κ2) is 9.91. The molecule has 0 saturated carbocycles. The van der Waals surface area contributed by atoms with Gasteiger partial charge in [-0.15, -0.1) is 0 Å². The Morgan fingerprint density at radius 2 is 2.07 bits per heavy atom. The molecule has 7 heteroatoms. The molecule has 3 rings (SSSR count). The fourth-order valence-electron chi connectivity index (χ4n) is 3.36. The Kier molecular flexibility index (Phi) is 7.05. The van der Waals surface area contributed by atoms with Crippen molar-refractivity contribution in [3.05, 3.63) is 47.2 Å². The summed E-state index contributed by atoms with van der Waals surface area (Å²) in [6.45, 7) is 1.92. The number of amides is 3. The first-order valence-electron chi connectivity index (χ1n) is 9.89. The van der Waals surface area contributed by atoms with E-state index in [1.807, 2.05) is 25.1 Å². The third-order valence-electron chi connectivity index (χ3n) is 4.88. The molecule has 0 saturated heterocycles. The molecule has 3 amide bonds. The van der Waals surface area contributed by atoms with Crippen LogP contribution in [0.5, 0.6) is 0 Å². The predicted molar refractivity (Wildman–Crippen MR) is 108 cm³/mol. The Bertz CT molecular complexity index is 928. The zero-order chi connectivity index (χ0) is 20.6. The molecule has 1 aliphatic carbocycles. The Morgan fingerprint density at radius 3 is 2.86 bits per heavy atom. The highest BCUT2D eigenvalue weighted by Crippen LogP contribution is 2.23. The Labute approximate surface area is 169 Å². The summed E-state index contributed by atoms with van der Waals surface area (Å²) in [5.41, 5.74) is 3.80. The molecular formula is C22H26N2O5. The maximum atomic E-state index is 12.0. The molecule has 2 aromatic rings. The summed E-state index contributed by atoms with van der Waals surface area (Å²) in [6, 6.07) is 5.13. The summed E-state index contributed by atoms with van der Waals surface area (Å²) in [6.07, 6.45) is 9.10. The second-order valence-corrected chi connectivity index (χ2v) is 7.26. The van der Waals surface area contributed by atoms with Crippen LogP contribution in [0.4, 0.5) is 4.79 Å². The lowest BCUT2D eigenvalue weighted by atomic mass is 9.97. The van der Waals surface area contributed by atoms with Crippen LogP contribution in [0, 0.1) is 6.92 Å². The van der Waals surface area contributed by atoms with E-state index in [1.54, 1.807) is 0 Å². The first kappa shape index (κ1) is 20.6. The number of esters is 1. The van der Waals surface area contributed by atoms with Crippen molar-refractivity contribution in [1.29, 1.82) is 0 Å². The number of hydrogen-bond acceptors (Lipinski definition) is 5. The summed E-state index contributed by atoms with van der Waals surface area (Å²) in [5, 5.41) is 5.65. The van der Waals surface area contributed by atoms with Crippen LogP contribution in [0.15, 0.2) is 40.5 Å². The minimum atomic E-state index is -0.666. The summed E-state index contributed by atoms with van der Waals surface area (Å²) in [5.74, 6) is -1.23. The van der Waals surface area contributed by atoms with Gasteiger partial charge in [-0.05, 0) is 50.7 Å². The van der Waals surface area contributed by atoms with Gasteiger partial charge in [0.2, 0.25) is 0 Å². The number of furan rings is 1. The Hall–Kier alpha value is -3.09. The van der Waals surface area contributed by atoms with Crippen molar-refractivity contribution in [2.75, 3.05) is 13.2 Å². The van der Waals surface area contributed by atoms with Crippen LogP contribution < -0.4 is 10.6 Å². The van der Waals surface area contributed by atoms with Crippen molar-refractivity contribution in [3.63, 3.8) is 0 Å². The van der Waals surface area contributed by atoms with Gasteiger partial charge in [0.25, 0.3) is 5.91 Å². The van der Waals surface area contributed by atoms with Gasteiger partial charge in [-0.1, -0.05) is 23.8 Å². The topological polar surface area (TPSA) is 97.6 Å². The molecule has 0 spiro atoms. The van der Waals surface area contributed by atoms with E-state index in [1.165, 1.54) is 24.7 Å². The molecule has 154 valence electrons. The van der Waals surface area contributed by atoms with Gasteiger partial charge >= 0.3 is 12.0 Å². The number of urea groups is 1. The van der Waals surface area contributed by atoms with Crippen LogP contribution >= 0.6 is 0 Å². The first-order chi connectivity index (χ1) is 14.0. The van der Waals surface area contributed by atoms with Gasteiger partial charge in [-0.2, -0.15) is 0 Å². The summed E-state index contributed by atoms with van der Waals surface area (Å²) >= 11 is 0. The maximum Gasteiger partial charge on any atom is 0.321 e. The van der Waals surface area contributed by atoms with Gasteiger partial charge in [-0.3, -0.25) is 14.9 Å². The fourth-order valence-corrected chi connectivity index (χ4v) is 3.36. The number of benzene rings is 1. The van der Waals surface area contributed by atoms with Crippen molar-refractivity contribution >= 4 is 28.9 Å². The van der Waals surface area contributed by atoms with Crippen LogP contribution in [0.25, 0.3) is 11.0 Å². The smallest absolute Gasteiger partial charge is 0.321 e. The normalized spacial score (nSPS) is 13.6. The molecule has 0 atom stereocenters. The molecule has 1 aromatic heterocycles. The number of hydrogen-bond donors (Lipinski definition) is 2. The summed E-state index contributed by atoms with van der Waals surface area (Å²) in [7, 11) is 0. The fraction of sp³-hybridized carbons (Fsp3) is 0.409. The number of rotatable bonds is 7. The van der Waals surface area contributed by atoms with Crippen LogP contribution in [0.2, 0.25) is 0 Å². The highest BCUT2D eigenvalue weighted by Gasteiger charge is 2.14. The van der Waals surface area contributed by atoms with Crippen LogP contribution in [-0.4, -0.2) is 31.1 Å². The Morgan fingerprint density at radius 1 is 1.21 bits per heavy atom. The Balaban J connectivity index is 1.36. The molecule has 0 radical (unpaired) electrons. The second-order valence-electron chi connectivity index (χ2n) is 7.26. The lowest BCUT2D eigenvalue weighted by molar-refractivity contribution is -0.147. The number of carbonyl (C=O) groups is 3. The average Bonchev–Trinajstić information content (AvgIpc) is 3.09. The van der Waals surface area contributed by atoms with Gasteiger partial charge < -0.3 is 14.5 Å². The number of aryl methyl sites for hydroxylation is 1. The van der Waals surface area contributed by atoms with E-state index in [9.17, 15) is 14.4 Å². The molecule has 0 aliphatic heterocycles. The molecule has 7 nitrogen and oxygen atoms in total. The molecular weight excluding hydrogens is 372 g/mol. The minimum Gasteiger partial charge on any atom is -0.464 e. The molecule has 29 heavy (non-hydrogen) atoms. The number of imide groups is 1. The first-order valence-corrected chi connectivity index (χ1v) is 9.89. The quantitative estimate of drug-likeness (QED) is 0.549. The van der Waals surface area contributed by atoms with Crippen molar-refractivity contribution in [2.24, 2.45) is 0 Å². The van der Waals surface area contributed by atoms with Crippen molar-refractivity contribution in [2.45, 2.75) is 45.4 Å². The van der Waals surface area contributed by atoms with E-state index < -0.39 is 24.5 Å². The third-order valence-corrected chi connectivity index (χ3v) is 4.88. The van der Waals surface area contributed by atoms with Gasteiger partial charge in [-0.25, -0.2) is 4.79 Å². The summed E-state index contributed by atoms with van der Waals surface area (Å²) < 4.78 is 10.4. The van der Waals surface area contributed by atoms with Gasteiger partial charge in [0.1, 0.15) is 5.58 Å². The predicted octanol–water partition coefficient (Wildman–Crippen LogP) is 3.54. The number of fused-ring (bicyclic) bond motifs is 1. The lowest BCUT2D eigenvalue weighted by Gasteiger charge is -2.13. The van der Waals surface area contributed by atoms with Crippen LogP contribution in [-0.2, 0) is 20.7 Å². The third kappa shape index (κ3) is 6.20. The van der Waals surface area contributed by atoms with Gasteiger partial charge in [0, 0.05) is 17.5 Å². The van der Waals surface area contributed by atoms with E-state index in [0.29, 0.717) is 17.7 Å². The van der Waals surface area contributed by atoms with Gasteiger partial charge in [0.05, 0.1) is 12.7 Å². The number of carbonyl (C=O) groups excluding carboxylic acids is 3.